The molecule has 2 heteroatoms. The Kier molecular flexibility index (Phi) is 6.21. The summed E-state index contributed by atoms with van der Waals surface area (Å²) < 4.78 is 0. The quantitative estimate of drug-likeness (QED) is 0.305. The molecule has 0 radical (unpaired) electrons. The second kappa shape index (κ2) is 9.77. The lowest BCUT2D eigenvalue weighted by Gasteiger charge is -2.43. The van der Waals surface area contributed by atoms with Crippen LogP contribution in [0.5, 0.6) is 0 Å². The Morgan fingerprint density at radius 2 is 1.29 bits per heavy atom. The zero-order valence-electron chi connectivity index (χ0n) is 20.5. The molecule has 176 valence electrons. The van der Waals surface area contributed by atoms with Crippen LogP contribution in [0.2, 0.25) is 0 Å². The highest BCUT2D eigenvalue weighted by Gasteiger charge is 2.36. The van der Waals surface area contributed by atoms with Gasteiger partial charge in [0.25, 0.3) is 0 Å². The highest BCUT2D eigenvalue weighted by molar-refractivity contribution is 5.72. The molecule has 0 atom stereocenters. The van der Waals surface area contributed by atoms with Crippen LogP contribution in [0.4, 0.5) is 0 Å². The van der Waals surface area contributed by atoms with Crippen molar-refractivity contribution in [3.8, 4) is 33.8 Å². The van der Waals surface area contributed by atoms with Gasteiger partial charge in [0.15, 0.2) is 0 Å². The minimum absolute atomic E-state index is 0.661. The highest BCUT2D eigenvalue weighted by Crippen LogP contribution is 2.51. The summed E-state index contributed by atoms with van der Waals surface area (Å²) in [6.07, 6.45) is 14.7. The lowest BCUT2D eigenvalue weighted by atomic mass is 9.62. The molecule has 2 aliphatic rings. The van der Waals surface area contributed by atoms with Crippen LogP contribution < -0.4 is 0 Å². The van der Waals surface area contributed by atoms with E-state index in [1.54, 1.807) is 0 Å². The van der Waals surface area contributed by atoms with Crippen molar-refractivity contribution in [2.45, 2.75) is 63.7 Å². The number of benzene rings is 2. The lowest BCUT2D eigenvalue weighted by Crippen LogP contribution is -2.29. The van der Waals surface area contributed by atoms with Crippen molar-refractivity contribution >= 4 is 0 Å². The summed E-state index contributed by atoms with van der Waals surface area (Å²) in [7, 11) is 0. The number of rotatable bonds is 4. The van der Waals surface area contributed by atoms with E-state index < -0.39 is 0 Å². The van der Waals surface area contributed by atoms with Crippen LogP contribution in [0.25, 0.3) is 33.8 Å². The van der Waals surface area contributed by atoms with Crippen molar-refractivity contribution in [3.63, 3.8) is 0 Å². The molecule has 0 bridgehead atoms. The minimum Gasteiger partial charge on any atom is -0.255 e. The van der Waals surface area contributed by atoms with Gasteiger partial charge in [0, 0.05) is 11.8 Å². The molecular formula is C33H34N2. The summed E-state index contributed by atoms with van der Waals surface area (Å²) in [6.45, 7) is 0. The molecule has 2 fully saturated rings. The monoisotopic (exact) mass is 458 g/mol. The van der Waals surface area contributed by atoms with Gasteiger partial charge in [0.05, 0.1) is 17.1 Å². The number of pyridine rings is 2. The van der Waals surface area contributed by atoms with Gasteiger partial charge in [-0.1, -0.05) is 73.9 Å². The average Bonchev–Trinajstić information content (AvgIpc) is 2.95. The van der Waals surface area contributed by atoms with Crippen molar-refractivity contribution in [1.82, 2.24) is 9.97 Å². The smallest absolute Gasteiger partial charge is 0.0893 e. The van der Waals surface area contributed by atoms with E-state index in [1.165, 1.54) is 74.5 Å². The van der Waals surface area contributed by atoms with Crippen LogP contribution >= 0.6 is 0 Å². The average molecular weight is 459 g/mol. The fourth-order valence-electron chi connectivity index (χ4n) is 6.43. The summed E-state index contributed by atoms with van der Waals surface area (Å²) in [4.78, 5) is 9.77. The molecule has 2 aliphatic carbocycles. The minimum atomic E-state index is 0.661. The number of hydrogen-bond acceptors (Lipinski definition) is 2. The van der Waals surface area contributed by atoms with Crippen LogP contribution in [-0.2, 0) is 0 Å². The topological polar surface area (TPSA) is 25.8 Å². The van der Waals surface area contributed by atoms with Gasteiger partial charge in [0.1, 0.15) is 0 Å². The first-order valence-electron chi connectivity index (χ1n) is 13.4. The van der Waals surface area contributed by atoms with E-state index in [9.17, 15) is 0 Å². The van der Waals surface area contributed by atoms with E-state index in [0.717, 1.165) is 22.6 Å². The van der Waals surface area contributed by atoms with E-state index in [1.807, 2.05) is 6.20 Å². The van der Waals surface area contributed by atoms with E-state index >= 15 is 0 Å². The Bertz CT molecular complexity index is 1280. The summed E-state index contributed by atoms with van der Waals surface area (Å²) >= 11 is 0. The van der Waals surface area contributed by atoms with Crippen molar-refractivity contribution in [2.24, 2.45) is 5.41 Å². The standard InChI is InChI=1S/C33H34N2/c1-3-9-25(10-4-1)27-11-7-12-29(23-27)30-13-8-14-31(35-30)32-24-28(17-22-34-32)26-15-20-33(21-16-26)18-5-2-6-19-33/h1,3-4,7-14,17,22-24,26H,2,5-6,15-16,18-21H2. The first-order valence-corrected chi connectivity index (χ1v) is 13.4. The Morgan fingerprint density at radius 3 is 2.11 bits per heavy atom. The van der Waals surface area contributed by atoms with Gasteiger partial charge in [-0.15, -0.1) is 0 Å². The largest absolute Gasteiger partial charge is 0.255 e. The van der Waals surface area contributed by atoms with Crippen LogP contribution in [0.15, 0.2) is 91.1 Å². The van der Waals surface area contributed by atoms with Gasteiger partial charge in [-0.05, 0) is 96.9 Å². The number of hydrogen-bond donors (Lipinski definition) is 0. The molecular weight excluding hydrogens is 424 g/mol. The molecule has 1 spiro atoms. The zero-order valence-corrected chi connectivity index (χ0v) is 20.5. The van der Waals surface area contributed by atoms with Gasteiger partial charge >= 0.3 is 0 Å². The van der Waals surface area contributed by atoms with Gasteiger partial charge in [-0.2, -0.15) is 0 Å². The number of nitrogens with zero attached hydrogens (tertiary/aromatic N) is 2. The zero-order chi connectivity index (χ0) is 23.5. The van der Waals surface area contributed by atoms with E-state index in [-0.39, 0.29) is 0 Å². The van der Waals surface area contributed by atoms with Gasteiger partial charge in [0.2, 0.25) is 0 Å². The fraction of sp³-hybridized carbons (Fsp3) is 0.333. The van der Waals surface area contributed by atoms with Gasteiger partial charge in [-0.25, -0.2) is 4.98 Å². The predicted octanol–water partition coefficient (Wildman–Crippen LogP) is 9.09. The highest BCUT2D eigenvalue weighted by atomic mass is 14.8. The van der Waals surface area contributed by atoms with Gasteiger partial charge < -0.3 is 0 Å². The van der Waals surface area contributed by atoms with Crippen LogP contribution in [0.3, 0.4) is 0 Å². The van der Waals surface area contributed by atoms with Crippen LogP contribution in [-0.4, -0.2) is 9.97 Å². The predicted molar refractivity (Wildman–Crippen MR) is 145 cm³/mol. The molecule has 2 aromatic heterocycles. The molecule has 2 saturated carbocycles. The first-order chi connectivity index (χ1) is 17.3. The maximum atomic E-state index is 5.04. The summed E-state index contributed by atoms with van der Waals surface area (Å²) in [5.74, 6) is 0.662. The molecule has 4 aromatic rings. The van der Waals surface area contributed by atoms with E-state index in [2.05, 4.69) is 84.9 Å². The second-order valence-corrected chi connectivity index (χ2v) is 10.7. The van der Waals surface area contributed by atoms with Crippen molar-refractivity contribution in [1.29, 1.82) is 0 Å². The molecule has 2 aromatic carbocycles. The molecule has 0 saturated heterocycles. The molecule has 0 amide bonds. The third-order valence-corrected chi connectivity index (χ3v) is 8.49. The Balaban J connectivity index is 1.23. The van der Waals surface area contributed by atoms with E-state index in [0.29, 0.717) is 11.3 Å². The van der Waals surface area contributed by atoms with E-state index in [4.69, 9.17) is 9.97 Å². The fourth-order valence-corrected chi connectivity index (χ4v) is 6.43. The maximum Gasteiger partial charge on any atom is 0.0893 e. The molecule has 2 nitrogen and oxygen atoms in total. The third kappa shape index (κ3) is 4.80. The maximum absolute atomic E-state index is 5.04. The Hall–Kier alpha value is -3.26. The van der Waals surface area contributed by atoms with Crippen molar-refractivity contribution < 1.29 is 0 Å². The normalized spacial score (nSPS) is 17.9. The van der Waals surface area contributed by atoms with Crippen molar-refractivity contribution in [3.05, 3.63) is 96.7 Å². The van der Waals surface area contributed by atoms with Crippen molar-refractivity contribution in [2.75, 3.05) is 0 Å². The SMILES string of the molecule is c1ccc(-c2cccc(-c3cccc(-c4cc(C5CCC6(CCCCC6)CC5)ccn4)n3)c2)cc1. The lowest BCUT2D eigenvalue weighted by molar-refractivity contribution is 0.114. The Morgan fingerprint density at radius 1 is 0.571 bits per heavy atom. The second-order valence-electron chi connectivity index (χ2n) is 10.7. The van der Waals surface area contributed by atoms with Crippen LogP contribution in [0, 0.1) is 5.41 Å². The molecule has 0 unspecified atom stereocenters. The number of aromatic nitrogens is 2. The summed E-state index contributed by atoms with van der Waals surface area (Å²) in [5, 5.41) is 0. The molecule has 2 heterocycles. The molecule has 0 N–H and O–H groups in total. The summed E-state index contributed by atoms with van der Waals surface area (Å²) in [5.41, 5.74) is 8.61. The third-order valence-electron chi connectivity index (χ3n) is 8.49. The van der Waals surface area contributed by atoms with Gasteiger partial charge in [-0.3, -0.25) is 4.98 Å². The molecule has 6 rings (SSSR count). The van der Waals surface area contributed by atoms with Crippen LogP contribution in [0.1, 0.15) is 69.3 Å². The molecule has 0 aliphatic heterocycles. The molecule has 35 heavy (non-hydrogen) atoms. The first kappa shape index (κ1) is 22.2. The Labute approximate surface area is 209 Å². The summed E-state index contributed by atoms with van der Waals surface area (Å²) in [6, 6.07) is 30.0.